The van der Waals surface area contributed by atoms with Crippen LogP contribution in [0.15, 0.2) is 54.9 Å². The summed E-state index contributed by atoms with van der Waals surface area (Å²) in [6.45, 7) is 0.643. The molecule has 4 nitrogen and oxygen atoms in total. The average Bonchev–Trinajstić information content (AvgIpc) is 2.53. The number of rotatable bonds is 4. The van der Waals surface area contributed by atoms with Gasteiger partial charge in [-0.2, -0.15) is 0 Å². The fourth-order valence-corrected chi connectivity index (χ4v) is 2.09. The molecule has 0 saturated carbocycles. The van der Waals surface area contributed by atoms with Gasteiger partial charge in [-0.25, -0.2) is 4.98 Å². The van der Waals surface area contributed by atoms with Crippen LogP contribution in [0.5, 0.6) is 5.75 Å². The molecule has 20 heavy (non-hydrogen) atoms. The van der Waals surface area contributed by atoms with Crippen molar-refractivity contribution in [1.29, 1.82) is 0 Å². The number of hydrogen-bond acceptors (Lipinski definition) is 4. The number of nitrogens with zero attached hydrogens (tertiary/aromatic N) is 2. The number of ether oxygens (including phenoxy) is 1. The maximum absolute atomic E-state index is 5.27. The molecule has 3 aromatic rings. The lowest BCUT2D eigenvalue weighted by Gasteiger charge is -2.09. The molecule has 100 valence electrons. The Kier molecular flexibility index (Phi) is 3.46. The Morgan fingerprint density at radius 2 is 2.00 bits per heavy atom. The summed E-state index contributed by atoms with van der Waals surface area (Å²) in [5, 5.41) is 5.50. The van der Waals surface area contributed by atoms with Crippen LogP contribution < -0.4 is 10.1 Å². The number of fused-ring (bicyclic) bond motifs is 1. The minimum absolute atomic E-state index is 0.643. The van der Waals surface area contributed by atoms with Crippen LogP contribution in [-0.4, -0.2) is 17.1 Å². The maximum Gasteiger partial charge on any atom is 0.134 e. The van der Waals surface area contributed by atoms with Crippen LogP contribution in [0.4, 0.5) is 5.82 Å². The van der Waals surface area contributed by atoms with Gasteiger partial charge in [0.25, 0.3) is 0 Å². The Morgan fingerprint density at radius 1 is 1.05 bits per heavy atom. The van der Waals surface area contributed by atoms with E-state index in [9.17, 15) is 0 Å². The lowest BCUT2D eigenvalue weighted by atomic mass is 10.1. The van der Waals surface area contributed by atoms with E-state index in [0.29, 0.717) is 6.54 Å². The van der Waals surface area contributed by atoms with E-state index < -0.39 is 0 Å². The zero-order chi connectivity index (χ0) is 13.8. The number of pyridine rings is 2. The number of benzene rings is 1. The van der Waals surface area contributed by atoms with Crippen molar-refractivity contribution >= 4 is 16.6 Å². The van der Waals surface area contributed by atoms with Gasteiger partial charge in [-0.1, -0.05) is 12.1 Å². The molecule has 1 N–H and O–H groups in total. The zero-order valence-electron chi connectivity index (χ0n) is 11.2. The van der Waals surface area contributed by atoms with Crippen LogP contribution in [0.2, 0.25) is 0 Å². The molecule has 0 radical (unpaired) electrons. The molecule has 3 rings (SSSR count). The van der Waals surface area contributed by atoms with E-state index in [2.05, 4.69) is 15.3 Å². The van der Waals surface area contributed by atoms with Crippen molar-refractivity contribution in [3.63, 3.8) is 0 Å². The molecule has 0 spiro atoms. The summed E-state index contributed by atoms with van der Waals surface area (Å²) in [4.78, 5) is 8.70. The second-order valence-corrected chi connectivity index (χ2v) is 4.42. The molecule has 2 aromatic heterocycles. The number of hydrogen-bond donors (Lipinski definition) is 1. The Hall–Kier alpha value is -2.62. The summed E-state index contributed by atoms with van der Waals surface area (Å²) in [6.07, 6.45) is 3.59. The average molecular weight is 265 g/mol. The van der Waals surface area contributed by atoms with Crippen molar-refractivity contribution < 1.29 is 4.74 Å². The van der Waals surface area contributed by atoms with E-state index in [4.69, 9.17) is 4.74 Å². The van der Waals surface area contributed by atoms with Crippen molar-refractivity contribution in [2.45, 2.75) is 6.54 Å². The first kappa shape index (κ1) is 12.4. The Bertz CT molecular complexity index is 713. The van der Waals surface area contributed by atoms with Gasteiger partial charge in [0, 0.05) is 17.8 Å². The zero-order valence-corrected chi connectivity index (χ0v) is 11.2. The smallest absolute Gasteiger partial charge is 0.134 e. The molecule has 0 amide bonds. The van der Waals surface area contributed by atoms with Crippen molar-refractivity contribution in [3.8, 4) is 5.75 Å². The van der Waals surface area contributed by atoms with Crippen LogP contribution in [0, 0.1) is 0 Å². The van der Waals surface area contributed by atoms with Crippen molar-refractivity contribution in [2.75, 3.05) is 12.4 Å². The number of nitrogens with one attached hydrogen (secondary N) is 1. The Morgan fingerprint density at radius 3 is 2.80 bits per heavy atom. The SMILES string of the molecule is COc1ccc2ccnc(NCc3ccccn3)c2c1. The third-order valence-electron chi connectivity index (χ3n) is 3.14. The first-order valence-electron chi connectivity index (χ1n) is 6.43. The van der Waals surface area contributed by atoms with Crippen molar-refractivity contribution in [1.82, 2.24) is 9.97 Å². The maximum atomic E-state index is 5.27. The Labute approximate surface area is 117 Å². The normalized spacial score (nSPS) is 10.4. The molecule has 0 saturated heterocycles. The van der Waals surface area contributed by atoms with E-state index in [1.165, 1.54) is 0 Å². The topological polar surface area (TPSA) is 47.0 Å². The molecule has 0 aliphatic rings. The van der Waals surface area contributed by atoms with Crippen molar-refractivity contribution in [2.24, 2.45) is 0 Å². The van der Waals surface area contributed by atoms with E-state index in [-0.39, 0.29) is 0 Å². The molecule has 0 unspecified atom stereocenters. The monoisotopic (exact) mass is 265 g/mol. The summed E-state index contributed by atoms with van der Waals surface area (Å²) < 4.78 is 5.27. The second kappa shape index (κ2) is 5.57. The summed E-state index contributed by atoms with van der Waals surface area (Å²) in [5.74, 6) is 1.67. The summed E-state index contributed by atoms with van der Waals surface area (Å²) in [6, 6.07) is 13.8. The fourth-order valence-electron chi connectivity index (χ4n) is 2.09. The van der Waals surface area contributed by atoms with Crippen LogP contribution in [-0.2, 0) is 6.54 Å². The predicted octanol–water partition coefficient (Wildman–Crippen LogP) is 3.25. The number of anilines is 1. The highest BCUT2D eigenvalue weighted by atomic mass is 16.5. The summed E-state index contributed by atoms with van der Waals surface area (Å²) in [5.41, 5.74) is 0.981. The molecule has 2 heterocycles. The van der Waals surface area contributed by atoms with Crippen LogP contribution in [0.3, 0.4) is 0 Å². The van der Waals surface area contributed by atoms with Gasteiger partial charge in [0.15, 0.2) is 0 Å². The van der Waals surface area contributed by atoms with Gasteiger partial charge in [-0.3, -0.25) is 4.98 Å². The summed E-state index contributed by atoms with van der Waals surface area (Å²) in [7, 11) is 1.67. The number of methoxy groups -OCH3 is 1. The highest BCUT2D eigenvalue weighted by Crippen LogP contribution is 2.25. The number of aromatic nitrogens is 2. The molecule has 0 atom stereocenters. The largest absolute Gasteiger partial charge is 0.497 e. The van der Waals surface area contributed by atoms with E-state index in [1.54, 1.807) is 19.5 Å². The third-order valence-corrected chi connectivity index (χ3v) is 3.14. The molecular formula is C16H15N3O. The molecule has 0 fully saturated rings. The minimum atomic E-state index is 0.643. The van der Waals surface area contributed by atoms with Gasteiger partial charge in [0.2, 0.25) is 0 Å². The summed E-state index contributed by atoms with van der Waals surface area (Å²) >= 11 is 0. The molecule has 0 aliphatic heterocycles. The van der Waals surface area contributed by atoms with Gasteiger partial charge in [-0.05, 0) is 35.7 Å². The van der Waals surface area contributed by atoms with Crippen LogP contribution >= 0.6 is 0 Å². The van der Waals surface area contributed by atoms with Gasteiger partial charge < -0.3 is 10.1 Å². The first-order chi connectivity index (χ1) is 9.86. The van der Waals surface area contributed by atoms with E-state index >= 15 is 0 Å². The standard InChI is InChI=1S/C16H15N3O/c1-20-14-6-5-12-7-9-18-16(15(12)10-14)19-11-13-4-2-3-8-17-13/h2-10H,11H2,1H3,(H,18,19). The Balaban J connectivity index is 1.90. The third kappa shape index (κ3) is 2.54. The van der Waals surface area contributed by atoms with Crippen molar-refractivity contribution in [3.05, 3.63) is 60.6 Å². The fraction of sp³-hybridized carbons (Fsp3) is 0.125. The second-order valence-electron chi connectivity index (χ2n) is 4.42. The van der Waals surface area contributed by atoms with Crippen LogP contribution in [0.1, 0.15) is 5.69 Å². The molecule has 0 bridgehead atoms. The molecule has 0 aliphatic carbocycles. The molecule has 4 heteroatoms. The van der Waals surface area contributed by atoms with Gasteiger partial charge >= 0.3 is 0 Å². The lowest BCUT2D eigenvalue weighted by molar-refractivity contribution is 0.415. The molecular weight excluding hydrogens is 250 g/mol. The van der Waals surface area contributed by atoms with E-state index in [1.807, 2.05) is 42.5 Å². The minimum Gasteiger partial charge on any atom is -0.497 e. The quantitative estimate of drug-likeness (QED) is 0.786. The van der Waals surface area contributed by atoms with Gasteiger partial charge in [-0.15, -0.1) is 0 Å². The molecule has 1 aromatic carbocycles. The predicted molar refractivity (Wildman–Crippen MR) is 79.9 cm³/mol. The van der Waals surface area contributed by atoms with Gasteiger partial charge in [0.1, 0.15) is 11.6 Å². The highest BCUT2D eigenvalue weighted by molar-refractivity contribution is 5.92. The van der Waals surface area contributed by atoms with E-state index in [0.717, 1.165) is 28.0 Å². The highest BCUT2D eigenvalue weighted by Gasteiger charge is 2.04. The van der Waals surface area contributed by atoms with Crippen LogP contribution in [0.25, 0.3) is 10.8 Å². The van der Waals surface area contributed by atoms with Gasteiger partial charge in [0.05, 0.1) is 19.3 Å². The lowest BCUT2D eigenvalue weighted by Crippen LogP contribution is -2.03. The first-order valence-corrected chi connectivity index (χ1v) is 6.43.